The predicted molar refractivity (Wildman–Crippen MR) is 155 cm³/mol. The van der Waals surface area contributed by atoms with Gasteiger partial charge in [0.05, 0.1) is 35.2 Å². The van der Waals surface area contributed by atoms with Crippen LogP contribution in [0.15, 0.2) is 58.3 Å². The molecule has 0 N–H and O–H groups in total. The van der Waals surface area contributed by atoms with Crippen LogP contribution >= 0.6 is 0 Å². The molecule has 12 nitrogen and oxygen atoms in total. The highest BCUT2D eigenvalue weighted by molar-refractivity contribution is 7.87. The van der Waals surface area contributed by atoms with Gasteiger partial charge in [0.1, 0.15) is 12.2 Å². The highest BCUT2D eigenvalue weighted by atomic mass is 32.2. The monoisotopic (exact) mass is 656 g/mol. The van der Waals surface area contributed by atoms with Crippen molar-refractivity contribution in [2.24, 2.45) is 0 Å². The van der Waals surface area contributed by atoms with E-state index in [0.717, 1.165) is 11.1 Å². The van der Waals surface area contributed by atoms with E-state index in [1.165, 1.54) is 24.3 Å². The van der Waals surface area contributed by atoms with Crippen LogP contribution in [-0.2, 0) is 57.0 Å². The van der Waals surface area contributed by atoms with Crippen LogP contribution < -0.4 is 0 Å². The first-order valence-electron chi connectivity index (χ1n) is 14.4. The molecule has 0 saturated carbocycles. The fourth-order valence-electron chi connectivity index (χ4n) is 5.26. The third kappa shape index (κ3) is 8.23. The summed E-state index contributed by atoms with van der Waals surface area (Å²) in [4.78, 5) is 0.287. The molecule has 0 amide bonds. The second kappa shape index (κ2) is 12.7. The Morgan fingerprint density at radius 3 is 1.27 bits per heavy atom. The normalized spacial score (nSPS) is 30.4. The smallest absolute Gasteiger partial charge is 0.297 e. The zero-order valence-corrected chi connectivity index (χ0v) is 27.3. The largest absolute Gasteiger partial charge is 0.344 e. The first-order chi connectivity index (χ1) is 20.5. The summed E-state index contributed by atoms with van der Waals surface area (Å²) in [7, 11) is -7.55. The van der Waals surface area contributed by atoms with Gasteiger partial charge in [0.2, 0.25) is 0 Å². The standard InChI is InChI=1S/2C15H20O6S/c2*1-10-4-6-12(7-5-10)22(16,17)18-9-11-8-13-14(19-11)21-15(2,3)20-13/h2*4-7,11,13-14H,8-9H2,1-3H3/t2*11-,13-,14-/m00/s1. The molecule has 0 aromatic heterocycles. The molecule has 0 unspecified atom stereocenters. The van der Waals surface area contributed by atoms with E-state index in [-0.39, 0.29) is 47.4 Å². The van der Waals surface area contributed by atoms with Gasteiger partial charge in [-0.25, -0.2) is 0 Å². The van der Waals surface area contributed by atoms with Crippen LogP contribution in [0, 0.1) is 13.8 Å². The summed E-state index contributed by atoms with van der Waals surface area (Å²) in [5, 5.41) is 0. The van der Waals surface area contributed by atoms with Gasteiger partial charge in [-0.2, -0.15) is 16.8 Å². The summed E-state index contributed by atoms with van der Waals surface area (Å²) in [5.41, 5.74) is 1.98. The van der Waals surface area contributed by atoms with Gasteiger partial charge in [-0.3, -0.25) is 8.37 Å². The maximum absolute atomic E-state index is 12.1. The van der Waals surface area contributed by atoms with E-state index in [0.29, 0.717) is 12.8 Å². The molecule has 4 heterocycles. The number of hydrogen-bond donors (Lipinski definition) is 0. The van der Waals surface area contributed by atoms with Crippen molar-refractivity contribution in [3.63, 3.8) is 0 Å². The van der Waals surface area contributed by atoms with Crippen molar-refractivity contribution in [1.82, 2.24) is 0 Å². The van der Waals surface area contributed by atoms with Crippen LogP contribution in [0.5, 0.6) is 0 Å². The predicted octanol–water partition coefficient (Wildman–Crippen LogP) is 3.93. The molecule has 2 aromatic carbocycles. The lowest BCUT2D eigenvalue weighted by atomic mass is 10.2. The van der Waals surface area contributed by atoms with Crippen LogP contribution in [0.3, 0.4) is 0 Å². The minimum atomic E-state index is -3.77. The number of hydrogen-bond acceptors (Lipinski definition) is 12. The fourth-order valence-corrected chi connectivity index (χ4v) is 7.13. The Hall–Kier alpha value is -1.98. The molecular weight excluding hydrogens is 616 g/mol. The van der Waals surface area contributed by atoms with Crippen molar-refractivity contribution in [2.75, 3.05) is 13.2 Å². The van der Waals surface area contributed by atoms with Crippen molar-refractivity contribution >= 4 is 20.2 Å². The van der Waals surface area contributed by atoms with E-state index >= 15 is 0 Å². The molecule has 0 radical (unpaired) electrons. The minimum Gasteiger partial charge on any atom is -0.344 e. The molecule has 0 bridgehead atoms. The van der Waals surface area contributed by atoms with Crippen LogP contribution in [-0.4, -0.2) is 78.6 Å². The van der Waals surface area contributed by atoms with E-state index < -0.39 is 44.4 Å². The third-order valence-corrected chi connectivity index (χ3v) is 9.95. The maximum Gasteiger partial charge on any atom is 0.297 e. The van der Waals surface area contributed by atoms with Gasteiger partial charge in [-0.15, -0.1) is 0 Å². The van der Waals surface area contributed by atoms with E-state index in [1.54, 1.807) is 24.3 Å². The number of benzene rings is 2. The van der Waals surface area contributed by atoms with Crippen LogP contribution in [0.25, 0.3) is 0 Å². The zero-order chi connectivity index (χ0) is 31.9. The van der Waals surface area contributed by atoms with E-state index in [2.05, 4.69) is 0 Å². The lowest BCUT2D eigenvalue weighted by molar-refractivity contribution is -0.207. The molecule has 0 aliphatic carbocycles. The Balaban J connectivity index is 0.000000175. The fraction of sp³-hybridized carbons (Fsp3) is 0.600. The molecule has 4 aliphatic rings. The highest BCUT2D eigenvalue weighted by Gasteiger charge is 2.49. The SMILES string of the molecule is Cc1ccc(S(=O)(=O)OC[C@@H]2C[C@@H]3OC(C)(C)O[C@@H]3O2)cc1.Cc1ccc(S(=O)(=O)OC[C@@H]2C[C@@H]3OC(C)(C)O[C@@H]3O2)cc1. The molecule has 244 valence electrons. The van der Waals surface area contributed by atoms with Crippen molar-refractivity contribution in [2.45, 2.75) is 113 Å². The molecule has 4 fully saturated rings. The summed E-state index contributed by atoms with van der Waals surface area (Å²) in [6.07, 6.45) is -0.861. The average molecular weight is 657 g/mol. The Labute approximate surface area is 259 Å². The quantitative estimate of drug-likeness (QED) is 0.380. The van der Waals surface area contributed by atoms with Crippen molar-refractivity contribution < 1.29 is 53.6 Å². The van der Waals surface area contributed by atoms with Crippen molar-refractivity contribution in [1.29, 1.82) is 0 Å². The minimum absolute atomic E-state index is 0.0453. The van der Waals surface area contributed by atoms with Gasteiger partial charge in [0, 0.05) is 12.8 Å². The van der Waals surface area contributed by atoms with Crippen molar-refractivity contribution in [3.05, 3.63) is 59.7 Å². The Morgan fingerprint density at radius 2 is 0.955 bits per heavy atom. The zero-order valence-electron chi connectivity index (χ0n) is 25.6. The Morgan fingerprint density at radius 1 is 0.614 bits per heavy atom. The van der Waals surface area contributed by atoms with E-state index in [4.69, 9.17) is 36.8 Å². The number of aryl methyl sites for hydroxylation is 2. The lowest BCUT2D eigenvalue weighted by Gasteiger charge is -2.20. The second-order valence-electron chi connectivity index (χ2n) is 12.2. The Bertz CT molecular complexity index is 1360. The summed E-state index contributed by atoms with van der Waals surface area (Å²) in [6.45, 7) is 11.0. The van der Waals surface area contributed by atoms with Gasteiger partial charge >= 0.3 is 0 Å². The first-order valence-corrected chi connectivity index (χ1v) is 17.3. The van der Waals surface area contributed by atoms with E-state index in [9.17, 15) is 16.8 Å². The molecule has 4 saturated heterocycles. The second-order valence-corrected chi connectivity index (χ2v) is 15.4. The molecule has 44 heavy (non-hydrogen) atoms. The Kier molecular flexibility index (Phi) is 9.61. The summed E-state index contributed by atoms with van der Waals surface area (Å²) >= 11 is 0. The van der Waals surface area contributed by atoms with Crippen LogP contribution in [0.4, 0.5) is 0 Å². The molecular formula is C30H40O12S2. The molecule has 6 rings (SSSR count). The first kappa shape index (κ1) is 33.4. The van der Waals surface area contributed by atoms with Gasteiger partial charge in [-0.05, 0) is 65.8 Å². The van der Waals surface area contributed by atoms with Gasteiger partial charge in [0.15, 0.2) is 24.2 Å². The number of rotatable bonds is 8. The van der Waals surface area contributed by atoms with Crippen LogP contribution in [0.2, 0.25) is 0 Å². The highest BCUT2D eigenvalue weighted by Crippen LogP contribution is 2.38. The summed E-state index contributed by atoms with van der Waals surface area (Å²) in [5.74, 6) is -1.32. The summed E-state index contributed by atoms with van der Waals surface area (Å²) < 4.78 is 92.4. The lowest BCUT2D eigenvalue weighted by Crippen LogP contribution is -2.27. The van der Waals surface area contributed by atoms with Gasteiger partial charge in [0.25, 0.3) is 20.2 Å². The molecule has 0 spiro atoms. The molecule has 2 aromatic rings. The number of fused-ring (bicyclic) bond motifs is 2. The molecule has 14 heteroatoms. The third-order valence-electron chi connectivity index (χ3n) is 7.36. The van der Waals surface area contributed by atoms with Crippen LogP contribution in [0.1, 0.15) is 51.7 Å². The molecule has 4 aliphatic heterocycles. The van der Waals surface area contributed by atoms with Crippen molar-refractivity contribution in [3.8, 4) is 0 Å². The summed E-state index contributed by atoms with van der Waals surface area (Å²) in [6, 6.07) is 13.1. The topological polar surface area (TPSA) is 142 Å². The number of ether oxygens (including phenoxy) is 6. The average Bonchev–Trinajstić information content (AvgIpc) is 3.63. The maximum atomic E-state index is 12.1. The van der Waals surface area contributed by atoms with E-state index in [1.807, 2.05) is 41.5 Å². The molecule has 6 atom stereocenters. The van der Waals surface area contributed by atoms with Gasteiger partial charge < -0.3 is 28.4 Å². The van der Waals surface area contributed by atoms with Gasteiger partial charge in [-0.1, -0.05) is 35.4 Å².